The van der Waals surface area contributed by atoms with Gasteiger partial charge in [0.25, 0.3) is 0 Å². The molecule has 0 saturated heterocycles. The molecule has 2 aromatic carbocycles. The summed E-state index contributed by atoms with van der Waals surface area (Å²) in [5.74, 6) is 1.66. The van der Waals surface area contributed by atoms with Crippen LogP contribution in [0, 0.1) is 12.3 Å². The van der Waals surface area contributed by atoms with Gasteiger partial charge in [-0.15, -0.1) is 0 Å². The van der Waals surface area contributed by atoms with E-state index in [-0.39, 0.29) is 5.41 Å². The van der Waals surface area contributed by atoms with Gasteiger partial charge in [-0.05, 0) is 42.0 Å². The summed E-state index contributed by atoms with van der Waals surface area (Å²) < 4.78 is 0. The summed E-state index contributed by atoms with van der Waals surface area (Å²) in [6.07, 6.45) is 0. The van der Waals surface area contributed by atoms with Gasteiger partial charge in [0, 0.05) is 27.2 Å². The molecule has 1 fully saturated rings. The number of hydrogen-bond acceptors (Lipinski definition) is 1. The van der Waals surface area contributed by atoms with Gasteiger partial charge < -0.3 is 4.98 Å². The summed E-state index contributed by atoms with van der Waals surface area (Å²) in [6.45, 7) is 6.67. The van der Waals surface area contributed by atoms with Crippen LogP contribution in [0.4, 0.5) is 0 Å². The van der Waals surface area contributed by atoms with Crippen LogP contribution in [0.25, 0.3) is 11.4 Å². The minimum absolute atomic E-state index is 0.127. The van der Waals surface area contributed by atoms with Crippen molar-refractivity contribution >= 4 is 23.2 Å². The fourth-order valence-corrected chi connectivity index (χ4v) is 4.58. The summed E-state index contributed by atoms with van der Waals surface area (Å²) in [5.41, 5.74) is 4.70. The minimum Gasteiger partial charge on any atom is -0.342 e. The van der Waals surface area contributed by atoms with Crippen molar-refractivity contribution in [2.75, 3.05) is 0 Å². The summed E-state index contributed by atoms with van der Waals surface area (Å²) in [4.78, 5) is 8.39. The molecule has 1 N–H and O–H groups in total. The maximum atomic E-state index is 6.22. The summed E-state index contributed by atoms with van der Waals surface area (Å²) in [6, 6.07) is 16.1. The quantitative estimate of drug-likeness (QED) is 0.552. The van der Waals surface area contributed by atoms with E-state index in [2.05, 4.69) is 37.9 Å². The van der Waals surface area contributed by atoms with E-state index in [1.54, 1.807) is 6.07 Å². The van der Waals surface area contributed by atoms with Crippen LogP contribution >= 0.6 is 23.2 Å². The van der Waals surface area contributed by atoms with E-state index in [0.717, 1.165) is 22.8 Å². The Hall–Kier alpha value is -1.77. The molecule has 0 radical (unpaired) electrons. The number of hydrogen-bond donors (Lipinski definition) is 1. The highest BCUT2D eigenvalue weighted by atomic mass is 35.5. The number of aryl methyl sites for hydroxylation is 1. The van der Waals surface area contributed by atoms with Gasteiger partial charge in [0.1, 0.15) is 5.82 Å². The van der Waals surface area contributed by atoms with Crippen LogP contribution in [-0.2, 0) is 0 Å². The highest BCUT2D eigenvalue weighted by Crippen LogP contribution is 2.70. The molecule has 4 heteroatoms. The molecule has 2 nitrogen and oxygen atoms in total. The Morgan fingerprint density at radius 3 is 2.24 bits per heavy atom. The molecule has 1 aliphatic rings. The molecule has 1 aromatic heterocycles. The highest BCUT2D eigenvalue weighted by molar-refractivity contribution is 6.34. The fourth-order valence-electron chi connectivity index (χ4n) is 4.03. The zero-order valence-corrected chi connectivity index (χ0v) is 16.0. The van der Waals surface area contributed by atoms with Crippen molar-refractivity contribution in [3.63, 3.8) is 0 Å². The normalized spacial score (nSPS) is 21.3. The first-order chi connectivity index (χ1) is 11.9. The molecule has 0 aliphatic heterocycles. The number of H-pyrrole nitrogens is 1. The Morgan fingerprint density at radius 2 is 1.60 bits per heavy atom. The van der Waals surface area contributed by atoms with Gasteiger partial charge in [0.2, 0.25) is 0 Å². The van der Waals surface area contributed by atoms with E-state index < -0.39 is 0 Å². The summed E-state index contributed by atoms with van der Waals surface area (Å²) in [7, 11) is 0. The largest absolute Gasteiger partial charge is 0.342 e. The second-order valence-corrected chi connectivity index (χ2v) is 8.31. The third-order valence-corrected chi connectivity index (χ3v) is 5.77. The van der Waals surface area contributed by atoms with Gasteiger partial charge in [0.05, 0.1) is 5.69 Å². The van der Waals surface area contributed by atoms with Gasteiger partial charge in [-0.3, -0.25) is 0 Å². The van der Waals surface area contributed by atoms with E-state index in [0.29, 0.717) is 21.9 Å². The molecule has 0 unspecified atom stereocenters. The van der Waals surface area contributed by atoms with Crippen molar-refractivity contribution in [3.05, 3.63) is 75.5 Å². The van der Waals surface area contributed by atoms with E-state index in [9.17, 15) is 0 Å². The van der Waals surface area contributed by atoms with E-state index in [1.165, 1.54) is 5.56 Å². The molecule has 0 bridgehead atoms. The molecule has 1 heterocycles. The number of aromatic amines is 1. The maximum absolute atomic E-state index is 6.22. The zero-order chi connectivity index (χ0) is 17.8. The van der Waals surface area contributed by atoms with Crippen LogP contribution in [0.5, 0.6) is 0 Å². The fraction of sp³-hybridized carbons (Fsp3) is 0.286. The monoisotopic (exact) mass is 370 g/mol. The maximum Gasteiger partial charge on any atom is 0.137 e. The summed E-state index contributed by atoms with van der Waals surface area (Å²) in [5, 5.41) is 1.38. The Labute approximate surface area is 158 Å². The number of nitrogens with zero attached hydrogens (tertiary/aromatic N) is 1. The average Bonchev–Trinajstić information content (AvgIpc) is 2.92. The second-order valence-electron chi connectivity index (χ2n) is 7.44. The molecule has 1 saturated carbocycles. The molecule has 0 amide bonds. The molecule has 4 rings (SSSR count). The van der Waals surface area contributed by atoms with Gasteiger partial charge in [-0.25, -0.2) is 4.98 Å². The molecule has 2 atom stereocenters. The third kappa shape index (κ3) is 2.88. The molecule has 25 heavy (non-hydrogen) atoms. The molecule has 0 spiro atoms. The first-order valence-electron chi connectivity index (χ1n) is 8.46. The Bertz CT molecular complexity index is 908. The lowest BCUT2D eigenvalue weighted by molar-refractivity contribution is 0.597. The van der Waals surface area contributed by atoms with Gasteiger partial charge >= 0.3 is 0 Å². The molecule has 1 aliphatic carbocycles. The Kier molecular flexibility index (Phi) is 3.93. The lowest BCUT2D eigenvalue weighted by atomic mass is 10.0. The number of imidazole rings is 1. The van der Waals surface area contributed by atoms with Crippen molar-refractivity contribution in [2.45, 2.75) is 32.6 Å². The average molecular weight is 371 g/mol. The predicted octanol–water partition coefficient (Wildman–Crippen LogP) is 6.60. The highest BCUT2D eigenvalue weighted by Gasteiger charge is 2.60. The number of nitrogens with one attached hydrogen (secondary N) is 1. The lowest BCUT2D eigenvalue weighted by Crippen LogP contribution is -1.92. The van der Waals surface area contributed by atoms with Gasteiger partial charge in [-0.1, -0.05) is 67.4 Å². The second kappa shape index (κ2) is 5.89. The van der Waals surface area contributed by atoms with E-state index in [1.807, 2.05) is 30.3 Å². The first kappa shape index (κ1) is 16.7. The molecule has 128 valence electrons. The van der Waals surface area contributed by atoms with Crippen LogP contribution < -0.4 is 0 Å². The lowest BCUT2D eigenvalue weighted by Gasteiger charge is -2.04. The number of halogens is 2. The number of aromatic nitrogens is 2. The van der Waals surface area contributed by atoms with Crippen LogP contribution in [0.3, 0.4) is 0 Å². The van der Waals surface area contributed by atoms with Crippen LogP contribution in [0.15, 0.2) is 48.5 Å². The Morgan fingerprint density at radius 1 is 0.960 bits per heavy atom. The van der Waals surface area contributed by atoms with E-state index >= 15 is 0 Å². The minimum atomic E-state index is 0.127. The third-order valence-electron chi connectivity index (χ3n) is 5.34. The van der Waals surface area contributed by atoms with Crippen LogP contribution in [-0.4, -0.2) is 9.97 Å². The number of rotatable bonds is 3. The van der Waals surface area contributed by atoms with Gasteiger partial charge in [-0.2, -0.15) is 0 Å². The first-order valence-corrected chi connectivity index (χ1v) is 9.21. The van der Waals surface area contributed by atoms with E-state index in [4.69, 9.17) is 28.2 Å². The van der Waals surface area contributed by atoms with Crippen molar-refractivity contribution in [1.29, 1.82) is 0 Å². The SMILES string of the molecule is Cc1[nH]c(-c2ccccc2)nc1[C@@H]1[C@@H](c2cc(Cl)cc(Cl)c2)C1(C)C. The standard InChI is InChI=1S/C21H20Cl2N2/c1-12-19(25-20(24-12)13-7-5-4-6-8-13)18-17(21(18,2)3)14-9-15(22)11-16(23)10-14/h4-11,17-18H,1-3H3,(H,24,25)/t17-,18+/m1/s1. The van der Waals surface area contributed by atoms with Crippen molar-refractivity contribution < 1.29 is 0 Å². The smallest absolute Gasteiger partial charge is 0.137 e. The molecule has 3 aromatic rings. The predicted molar refractivity (Wildman–Crippen MR) is 104 cm³/mol. The van der Waals surface area contributed by atoms with Gasteiger partial charge in [0.15, 0.2) is 0 Å². The van der Waals surface area contributed by atoms with Crippen molar-refractivity contribution in [3.8, 4) is 11.4 Å². The molecular weight excluding hydrogens is 351 g/mol. The zero-order valence-electron chi connectivity index (χ0n) is 14.5. The number of benzene rings is 2. The molecular formula is C21H20Cl2N2. The van der Waals surface area contributed by atoms with Crippen molar-refractivity contribution in [1.82, 2.24) is 9.97 Å². The van der Waals surface area contributed by atoms with Crippen LogP contribution in [0.2, 0.25) is 10.0 Å². The Balaban J connectivity index is 1.72. The summed E-state index contributed by atoms with van der Waals surface area (Å²) >= 11 is 12.4. The topological polar surface area (TPSA) is 28.7 Å². The van der Waals surface area contributed by atoms with Crippen LogP contribution in [0.1, 0.15) is 42.6 Å². The van der Waals surface area contributed by atoms with Crippen molar-refractivity contribution in [2.24, 2.45) is 5.41 Å².